The summed E-state index contributed by atoms with van der Waals surface area (Å²) in [5, 5.41) is 0.371. The number of hydrogen-bond acceptors (Lipinski definition) is 4. The van der Waals surface area contributed by atoms with Gasteiger partial charge in [0.1, 0.15) is 4.90 Å². The first-order valence-corrected chi connectivity index (χ1v) is 7.88. The van der Waals surface area contributed by atoms with Crippen molar-refractivity contribution >= 4 is 54.8 Å². The van der Waals surface area contributed by atoms with E-state index in [0.29, 0.717) is 15.2 Å². The van der Waals surface area contributed by atoms with E-state index in [1.807, 2.05) is 0 Å². The summed E-state index contributed by atoms with van der Waals surface area (Å²) >= 11 is 14.6. The average Bonchev–Trinajstić information content (AvgIpc) is 2.35. The van der Waals surface area contributed by atoms with Crippen LogP contribution in [0.1, 0.15) is 0 Å². The number of aromatic nitrogens is 2. The Hall–Kier alpha value is -0.890. The van der Waals surface area contributed by atoms with Gasteiger partial charge in [-0.2, -0.15) is 0 Å². The number of rotatable bonds is 3. The molecule has 9 heteroatoms. The highest BCUT2D eigenvalue weighted by Gasteiger charge is 2.17. The molecule has 0 bridgehead atoms. The van der Waals surface area contributed by atoms with E-state index in [1.165, 1.54) is 0 Å². The van der Waals surface area contributed by atoms with Crippen LogP contribution in [0.25, 0.3) is 0 Å². The first-order chi connectivity index (χ1) is 8.90. The Morgan fingerprint density at radius 3 is 2.42 bits per heavy atom. The van der Waals surface area contributed by atoms with Gasteiger partial charge in [-0.05, 0) is 39.7 Å². The second kappa shape index (κ2) is 5.62. The van der Waals surface area contributed by atoms with Crippen LogP contribution in [-0.4, -0.2) is 18.4 Å². The number of sulfonamides is 1. The maximum absolute atomic E-state index is 12.1. The summed E-state index contributed by atoms with van der Waals surface area (Å²) in [5.74, 6) is 0. The van der Waals surface area contributed by atoms with E-state index in [1.54, 1.807) is 18.2 Å². The molecule has 2 aromatic rings. The number of hydrogen-bond donors (Lipinski definition) is 1. The number of nitrogens with one attached hydrogen (secondary N) is 1. The molecule has 0 spiro atoms. The molecule has 0 unspecified atom stereocenters. The van der Waals surface area contributed by atoms with Crippen molar-refractivity contribution in [2.24, 2.45) is 0 Å². The molecule has 1 aromatic heterocycles. The Kier molecular flexibility index (Phi) is 4.29. The standard InChI is InChI=1S/C10H6BrCl2N3O2S/c11-9-7(12)2-1-3-8(9)16-19(17,18)6-4-14-10(13)15-5-6/h1-5,16H. The predicted molar refractivity (Wildman–Crippen MR) is 77.0 cm³/mol. The van der Waals surface area contributed by atoms with Crippen molar-refractivity contribution in [3.8, 4) is 0 Å². The second-order valence-electron chi connectivity index (χ2n) is 3.39. The Balaban J connectivity index is 2.36. The summed E-state index contributed by atoms with van der Waals surface area (Å²) in [6.45, 7) is 0. The molecule has 0 amide bonds. The van der Waals surface area contributed by atoms with Gasteiger partial charge in [0.2, 0.25) is 5.28 Å². The number of anilines is 1. The summed E-state index contributed by atoms with van der Waals surface area (Å²) in [7, 11) is -3.79. The summed E-state index contributed by atoms with van der Waals surface area (Å²) in [5.41, 5.74) is 0.322. The van der Waals surface area contributed by atoms with Gasteiger partial charge in [0, 0.05) is 0 Å². The molecule has 1 aromatic carbocycles. The van der Waals surface area contributed by atoms with Gasteiger partial charge >= 0.3 is 0 Å². The van der Waals surface area contributed by atoms with Crippen molar-refractivity contribution in [1.29, 1.82) is 0 Å². The zero-order valence-corrected chi connectivity index (χ0v) is 13.1. The Morgan fingerprint density at radius 1 is 1.16 bits per heavy atom. The van der Waals surface area contributed by atoms with Crippen molar-refractivity contribution in [2.45, 2.75) is 4.90 Å². The van der Waals surface area contributed by atoms with E-state index in [9.17, 15) is 8.42 Å². The maximum Gasteiger partial charge on any atom is 0.265 e. The molecule has 0 aliphatic rings. The molecule has 0 saturated heterocycles. The third-order valence-electron chi connectivity index (χ3n) is 2.10. The lowest BCUT2D eigenvalue weighted by molar-refractivity contribution is 0.600. The molecule has 5 nitrogen and oxygen atoms in total. The third kappa shape index (κ3) is 3.36. The molecule has 1 N–H and O–H groups in total. The zero-order valence-electron chi connectivity index (χ0n) is 9.14. The number of benzene rings is 1. The Labute approximate surface area is 128 Å². The molecule has 0 aliphatic heterocycles. The normalized spacial score (nSPS) is 11.3. The molecule has 19 heavy (non-hydrogen) atoms. The molecule has 0 radical (unpaired) electrons. The molecule has 100 valence electrons. The van der Waals surface area contributed by atoms with Gasteiger partial charge in [-0.3, -0.25) is 4.72 Å². The van der Waals surface area contributed by atoms with Crippen LogP contribution < -0.4 is 4.72 Å². The highest BCUT2D eigenvalue weighted by Crippen LogP contribution is 2.31. The highest BCUT2D eigenvalue weighted by atomic mass is 79.9. The highest BCUT2D eigenvalue weighted by molar-refractivity contribution is 9.10. The van der Waals surface area contributed by atoms with Crippen LogP contribution in [0.5, 0.6) is 0 Å². The number of halogens is 3. The van der Waals surface area contributed by atoms with Gasteiger partial charge in [0.05, 0.1) is 27.6 Å². The third-order valence-corrected chi connectivity index (χ3v) is 5.02. The lowest BCUT2D eigenvalue weighted by Gasteiger charge is -2.09. The van der Waals surface area contributed by atoms with Gasteiger partial charge in [-0.15, -0.1) is 0 Å². The molecule has 1 heterocycles. The van der Waals surface area contributed by atoms with Crippen molar-refractivity contribution in [3.63, 3.8) is 0 Å². The van der Waals surface area contributed by atoms with Crippen LogP contribution in [0.2, 0.25) is 10.3 Å². The molecular weight excluding hydrogens is 377 g/mol. The van der Waals surface area contributed by atoms with E-state index in [0.717, 1.165) is 12.4 Å². The lowest BCUT2D eigenvalue weighted by Crippen LogP contribution is -2.14. The second-order valence-corrected chi connectivity index (χ2v) is 6.62. The van der Waals surface area contributed by atoms with Crippen molar-refractivity contribution in [1.82, 2.24) is 9.97 Å². The van der Waals surface area contributed by atoms with Crippen LogP contribution in [0.4, 0.5) is 5.69 Å². The summed E-state index contributed by atoms with van der Waals surface area (Å²) < 4.78 is 27.0. The molecule has 0 saturated carbocycles. The summed E-state index contributed by atoms with van der Waals surface area (Å²) in [4.78, 5) is 7.16. The van der Waals surface area contributed by atoms with Crippen molar-refractivity contribution in [3.05, 3.63) is 45.4 Å². The smallest absolute Gasteiger partial charge is 0.265 e. The minimum Gasteiger partial charge on any atom is -0.278 e. The largest absolute Gasteiger partial charge is 0.278 e. The monoisotopic (exact) mass is 381 g/mol. The van der Waals surface area contributed by atoms with Crippen LogP contribution in [-0.2, 0) is 10.0 Å². The Bertz CT molecular complexity index is 707. The van der Waals surface area contributed by atoms with Crippen molar-refractivity contribution in [2.75, 3.05) is 4.72 Å². The van der Waals surface area contributed by atoms with Gasteiger partial charge in [-0.1, -0.05) is 17.7 Å². The van der Waals surface area contributed by atoms with Crippen LogP contribution >= 0.6 is 39.1 Å². The molecule has 2 rings (SSSR count). The number of nitrogens with zero attached hydrogens (tertiary/aromatic N) is 2. The first-order valence-electron chi connectivity index (χ1n) is 4.84. The van der Waals surface area contributed by atoms with E-state index >= 15 is 0 Å². The van der Waals surface area contributed by atoms with Crippen LogP contribution in [0, 0.1) is 0 Å². The molecular formula is C10H6BrCl2N3O2S. The van der Waals surface area contributed by atoms with Crippen LogP contribution in [0.15, 0.2) is 40.0 Å². The molecule has 0 fully saturated rings. The maximum atomic E-state index is 12.1. The summed E-state index contributed by atoms with van der Waals surface area (Å²) in [6.07, 6.45) is 2.24. The fraction of sp³-hybridized carbons (Fsp3) is 0. The zero-order chi connectivity index (χ0) is 14.0. The van der Waals surface area contributed by atoms with Gasteiger partial charge in [-0.25, -0.2) is 18.4 Å². The lowest BCUT2D eigenvalue weighted by atomic mass is 10.3. The van der Waals surface area contributed by atoms with Gasteiger partial charge in [0.15, 0.2) is 0 Å². The van der Waals surface area contributed by atoms with Crippen LogP contribution in [0.3, 0.4) is 0 Å². The average molecular weight is 383 g/mol. The van der Waals surface area contributed by atoms with E-state index in [4.69, 9.17) is 23.2 Å². The van der Waals surface area contributed by atoms with E-state index < -0.39 is 10.0 Å². The van der Waals surface area contributed by atoms with E-state index in [-0.39, 0.29) is 10.2 Å². The summed E-state index contributed by atoms with van der Waals surface area (Å²) in [6, 6.07) is 4.84. The fourth-order valence-electron chi connectivity index (χ4n) is 1.23. The van der Waals surface area contributed by atoms with Gasteiger partial charge in [0.25, 0.3) is 10.0 Å². The first kappa shape index (κ1) is 14.5. The quantitative estimate of drug-likeness (QED) is 0.826. The van der Waals surface area contributed by atoms with E-state index in [2.05, 4.69) is 30.6 Å². The molecule has 0 aliphatic carbocycles. The molecule has 0 atom stereocenters. The fourth-order valence-corrected chi connectivity index (χ4v) is 2.95. The topological polar surface area (TPSA) is 72.0 Å². The Morgan fingerprint density at radius 2 is 1.79 bits per heavy atom. The minimum atomic E-state index is -3.79. The minimum absolute atomic E-state index is 0.0251. The predicted octanol–water partition coefficient (Wildman–Crippen LogP) is 3.35. The SMILES string of the molecule is O=S(=O)(Nc1cccc(Cl)c1Br)c1cnc(Cl)nc1. The van der Waals surface area contributed by atoms with Gasteiger partial charge < -0.3 is 0 Å². The van der Waals surface area contributed by atoms with Crippen molar-refractivity contribution < 1.29 is 8.42 Å².